The summed E-state index contributed by atoms with van der Waals surface area (Å²) in [7, 11) is 0. The molecule has 1 fully saturated rings. The Balaban J connectivity index is 1.66. The summed E-state index contributed by atoms with van der Waals surface area (Å²) < 4.78 is 18.3. The maximum Gasteiger partial charge on any atom is 0.407 e. The summed E-state index contributed by atoms with van der Waals surface area (Å²) in [6.45, 7) is 9.14. The molecular formula is C21H28BrNO6. The lowest BCUT2D eigenvalue weighted by atomic mass is 9.81. The van der Waals surface area contributed by atoms with Crippen LogP contribution in [0.5, 0.6) is 11.5 Å². The zero-order valence-electron chi connectivity index (χ0n) is 17.4. The third-order valence-corrected chi connectivity index (χ3v) is 6.06. The highest BCUT2D eigenvalue weighted by Gasteiger charge is 2.47. The van der Waals surface area contributed by atoms with Gasteiger partial charge in [0.1, 0.15) is 5.60 Å². The fourth-order valence-electron chi connectivity index (χ4n) is 3.97. The van der Waals surface area contributed by atoms with E-state index >= 15 is 0 Å². The number of benzene rings is 1. The Kier molecular flexibility index (Phi) is 5.77. The van der Waals surface area contributed by atoms with Gasteiger partial charge in [0.25, 0.3) is 5.79 Å². The van der Waals surface area contributed by atoms with Crippen molar-refractivity contribution in [2.75, 3.05) is 0 Å². The highest BCUT2D eigenvalue weighted by Crippen LogP contribution is 2.51. The first-order chi connectivity index (χ1) is 13.4. The molecule has 0 saturated heterocycles. The molecular weight excluding hydrogens is 442 g/mol. The number of carboxylic acid groups (broad SMARTS) is 1. The van der Waals surface area contributed by atoms with Gasteiger partial charge >= 0.3 is 12.1 Å². The van der Waals surface area contributed by atoms with Gasteiger partial charge in [0.2, 0.25) is 0 Å². The first-order valence-corrected chi connectivity index (χ1v) is 10.6. The van der Waals surface area contributed by atoms with Gasteiger partial charge < -0.3 is 24.6 Å². The number of fused-ring (bicyclic) bond motifs is 1. The Morgan fingerprint density at radius 2 is 1.79 bits per heavy atom. The van der Waals surface area contributed by atoms with Crippen LogP contribution in [0.4, 0.5) is 4.79 Å². The van der Waals surface area contributed by atoms with Crippen LogP contribution in [0.3, 0.4) is 0 Å². The predicted octanol–water partition coefficient (Wildman–Crippen LogP) is 5.03. The number of rotatable bonds is 3. The molecule has 0 bridgehead atoms. The van der Waals surface area contributed by atoms with Crippen molar-refractivity contribution in [3.05, 3.63) is 21.7 Å². The third-order valence-electron chi connectivity index (χ3n) is 5.47. The monoisotopic (exact) mass is 469 g/mol. The molecule has 8 heteroatoms. The number of hydrogen-bond acceptors (Lipinski definition) is 5. The lowest BCUT2D eigenvalue weighted by Crippen LogP contribution is -2.48. The minimum absolute atomic E-state index is 0.0561. The molecule has 0 radical (unpaired) electrons. The van der Waals surface area contributed by atoms with E-state index in [1.165, 1.54) is 0 Å². The van der Waals surface area contributed by atoms with E-state index in [0.717, 1.165) is 25.7 Å². The lowest BCUT2D eigenvalue weighted by molar-refractivity contribution is -0.121. The molecule has 1 aromatic carbocycles. The first-order valence-electron chi connectivity index (χ1n) is 9.83. The van der Waals surface area contributed by atoms with Gasteiger partial charge in [-0.05, 0) is 75.4 Å². The van der Waals surface area contributed by atoms with Crippen LogP contribution in [-0.4, -0.2) is 34.6 Å². The zero-order valence-corrected chi connectivity index (χ0v) is 19.0. The number of nitrogens with one attached hydrogen (secondary N) is 1. The van der Waals surface area contributed by atoms with Crippen molar-refractivity contribution < 1.29 is 28.9 Å². The van der Waals surface area contributed by atoms with Crippen LogP contribution in [0.2, 0.25) is 0 Å². The molecule has 0 aromatic heterocycles. The Bertz CT molecular complexity index is 825. The SMILES string of the molecule is Cc1c(C(=O)O)cc(Br)c2c1O[C@@](C)([C@H]1CC[C@H](NC(=O)OC(C)(C)C)CC1)O2. The van der Waals surface area contributed by atoms with E-state index in [0.29, 0.717) is 21.5 Å². The molecule has 3 rings (SSSR count). The Hall–Kier alpha value is -1.96. The van der Waals surface area contributed by atoms with Gasteiger partial charge in [-0.1, -0.05) is 0 Å². The standard InChI is InChI=1S/C21H28BrNO6/c1-11-14(18(24)25)10-15(22)17-16(11)27-21(5,28-17)12-6-8-13(9-7-12)23-19(26)29-20(2,3)4/h10,12-13H,6-9H2,1-5H3,(H,23,26)(H,24,25)/t12-,13-,21-/m1/s1. The molecule has 2 N–H and O–H groups in total. The molecule has 1 saturated carbocycles. The number of halogens is 1. The smallest absolute Gasteiger partial charge is 0.407 e. The van der Waals surface area contributed by atoms with Crippen LogP contribution in [0.25, 0.3) is 0 Å². The average Bonchev–Trinajstić information content (AvgIpc) is 2.96. The van der Waals surface area contributed by atoms with Crippen molar-refractivity contribution >= 4 is 28.0 Å². The summed E-state index contributed by atoms with van der Waals surface area (Å²) in [4.78, 5) is 23.5. The van der Waals surface area contributed by atoms with Crippen molar-refractivity contribution in [2.24, 2.45) is 5.92 Å². The molecule has 1 aromatic rings. The second kappa shape index (κ2) is 7.70. The fourth-order valence-corrected chi connectivity index (χ4v) is 4.46. The third kappa shape index (κ3) is 4.63. The summed E-state index contributed by atoms with van der Waals surface area (Å²) in [5, 5.41) is 12.3. The van der Waals surface area contributed by atoms with Gasteiger partial charge in [0, 0.05) is 24.4 Å². The van der Waals surface area contributed by atoms with Gasteiger partial charge in [0.15, 0.2) is 11.5 Å². The number of carbonyl (C=O) groups excluding carboxylic acids is 1. The molecule has 160 valence electrons. The van der Waals surface area contributed by atoms with E-state index in [2.05, 4.69) is 21.2 Å². The summed E-state index contributed by atoms with van der Waals surface area (Å²) >= 11 is 3.41. The second-order valence-corrected chi connectivity index (χ2v) is 9.76. The molecule has 2 aliphatic rings. The van der Waals surface area contributed by atoms with Crippen LogP contribution in [0.15, 0.2) is 10.5 Å². The summed E-state index contributed by atoms with van der Waals surface area (Å²) in [6, 6.07) is 1.60. The minimum atomic E-state index is -1.00. The molecule has 1 atom stereocenters. The van der Waals surface area contributed by atoms with Crippen molar-refractivity contribution in [3.63, 3.8) is 0 Å². The van der Waals surface area contributed by atoms with Gasteiger partial charge in [-0.15, -0.1) is 0 Å². The van der Waals surface area contributed by atoms with E-state index < -0.39 is 23.5 Å². The molecule has 0 unspecified atom stereocenters. The fraction of sp³-hybridized carbons (Fsp3) is 0.619. The number of alkyl carbamates (subject to hydrolysis) is 1. The van der Waals surface area contributed by atoms with Crippen molar-refractivity contribution in [1.82, 2.24) is 5.32 Å². The van der Waals surface area contributed by atoms with Gasteiger partial charge in [-0.3, -0.25) is 0 Å². The van der Waals surface area contributed by atoms with E-state index in [1.54, 1.807) is 13.0 Å². The second-order valence-electron chi connectivity index (χ2n) is 8.91. The topological polar surface area (TPSA) is 94.1 Å². The van der Waals surface area contributed by atoms with Gasteiger partial charge in [-0.2, -0.15) is 0 Å². The maximum atomic E-state index is 12.0. The zero-order chi connectivity index (χ0) is 21.6. The summed E-state index contributed by atoms with van der Waals surface area (Å²) in [5.74, 6) is -0.732. The minimum Gasteiger partial charge on any atom is -0.478 e. The first kappa shape index (κ1) is 21.7. The molecule has 7 nitrogen and oxygen atoms in total. The van der Waals surface area contributed by atoms with Gasteiger partial charge in [-0.25, -0.2) is 9.59 Å². The molecule has 1 amide bonds. The highest BCUT2D eigenvalue weighted by molar-refractivity contribution is 9.10. The van der Waals surface area contributed by atoms with Crippen molar-refractivity contribution in [2.45, 2.75) is 77.7 Å². The Morgan fingerprint density at radius 3 is 2.34 bits per heavy atom. The van der Waals surface area contributed by atoms with Crippen LogP contribution < -0.4 is 14.8 Å². The van der Waals surface area contributed by atoms with Crippen LogP contribution >= 0.6 is 15.9 Å². The molecule has 0 spiro atoms. The van der Waals surface area contributed by atoms with Crippen LogP contribution in [0, 0.1) is 12.8 Å². The summed E-state index contributed by atoms with van der Waals surface area (Å²) in [5.41, 5.74) is 0.222. The lowest BCUT2D eigenvalue weighted by Gasteiger charge is -2.37. The number of hydrogen-bond donors (Lipinski definition) is 2. The average molecular weight is 470 g/mol. The normalized spacial score (nSPS) is 26.1. The van der Waals surface area contributed by atoms with Crippen LogP contribution in [0.1, 0.15) is 69.3 Å². The highest BCUT2D eigenvalue weighted by atomic mass is 79.9. The molecule has 1 heterocycles. The van der Waals surface area contributed by atoms with Crippen molar-refractivity contribution in [1.29, 1.82) is 0 Å². The Labute approximate surface area is 179 Å². The number of amides is 1. The van der Waals surface area contributed by atoms with E-state index in [-0.39, 0.29) is 17.5 Å². The van der Waals surface area contributed by atoms with E-state index in [9.17, 15) is 14.7 Å². The number of aromatic carboxylic acids is 1. The number of carboxylic acids is 1. The number of carbonyl (C=O) groups is 2. The molecule has 29 heavy (non-hydrogen) atoms. The molecule has 1 aliphatic carbocycles. The Morgan fingerprint density at radius 1 is 1.21 bits per heavy atom. The summed E-state index contributed by atoms with van der Waals surface area (Å²) in [6.07, 6.45) is 2.82. The van der Waals surface area contributed by atoms with Crippen LogP contribution in [-0.2, 0) is 4.74 Å². The predicted molar refractivity (Wildman–Crippen MR) is 111 cm³/mol. The quantitative estimate of drug-likeness (QED) is 0.644. The molecule has 1 aliphatic heterocycles. The van der Waals surface area contributed by atoms with E-state index in [4.69, 9.17) is 14.2 Å². The van der Waals surface area contributed by atoms with Crippen molar-refractivity contribution in [3.8, 4) is 11.5 Å². The number of ether oxygens (including phenoxy) is 3. The van der Waals surface area contributed by atoms with Gasteiger partial charge in [0.05, 0.1) is 10.0 Å². The maximum absolute atomic E-state index is 12.0. The largest absolute Gasteiger partial charge is 0.478 e. The van der Waals surface area contributed by atoms with E-state index in [1.807, 2.05) is 27.7 Å².